The molecule has 1 aliphatic heterocycles. The quantitative estimate of drug-likeness (QED) is 0.722. The molecule has 112 valence electrons. The second kappa shape index (κ2) is 5.76. The van der Waals surface area contributed by atoms with Crippen molar-refractivity contribution in [3.05, 3.63) is 29.8 Å². The fourth-order valence-electron chi connectivity index (χ4n) is 2.94. The minimum Gasteiger partial charge on any atom is -0.399 e. The third kappa shape index (κ3) is 3.17. The van der Waals surface area contributed by atoms with Crippen LogP contribution in [0.25, 0.3) is 0 Å². The number of benzene rings is 1. The van der Waals surface area contributed by atoms with Crippen molar-refractivity contribution in [3.63, 3.8) is 0 Å². The molecule has 5 heteroatoms. The van der Waals surface area contributed by atoms with Crippen LogP contribution >= 0.6 is 0 Å². The number of anilines is 1. The molecular weight excluding hydrogens is 266 g/mol. The lowest BCUT2D eigenvalue weighted by Gasteiger charge is -2.34. The number of hydrogen-bond donors (Lipinski definition) is 3. The molecular formula is C16H21N3O2. The van der Waals surface area contributed by atoms with Crippen molar-refractivity contribution < 1.29 is 9.59 Å². The van der Waals surface area contributed by atoms with Crippen molar-refractivity contribution in [2.75, 3.05) is 5.73 Å². The van der Waals surface area contributed by atoms with Crippen LogP contribution in [0.4, 0.5) is 5.69 Å². The van der Waals surface area contributed by atoms with Crippen molar-refractivity contribution in [3.8, 4) is 0 Å². The minimum absolute atomic E-state index is 0.0538. The number of rotatable bonds is 4. The first-order valence-corrected chi connectivity index (χ1v) is 7.57. The zero-order valence-electron chi connectivity index (χ0n) is 12.0. The van der Waals surface area contributed by atoms with Gasteiger partial charge >= 0.3 is 0 Å². The SMILES string of the molecule is Nc1ccc(C[C@@H]2NC(=O)[C@H](CC3CCC3)NC2=O)cc1. The van der Waals surface area contributed by atoms with E-state index in [2.05, 4.69) is 10.6 Å². The molecule has 0 bridgehead atoms. The molecule has 1 saturated heterocycles. The van der Waals surface area contributed by atoms with Gasteiger partial charge in [0.25, 0.3) is 0 Å². The topological polar surface area (TPSA) is 84.2 Å². The number of nitrogen functional groups attached to an aromatic ring is 1. The standard InChI is InChI=1S/C16H21N3O2/c17-12-6-4-11(5-7-12)9-14-16(21)18-13(15(20)19-14)8-10-2-1-3-10/h4-7,10,13-14H,1-3,8-9,17H2,(H,18,21)(H,19,20)/t13-,14-/m0/s1. The number of hydrogen-bond acceptors (Lipinski definition) is 3. The van der Waals surface area contributed by atoms with Gasteiger partial charge in [-0.1, -0.05) is 31.4 Å². The highest BCUT2D eigenvalue weighted by atomic mass is 16.2. The van der Waals surface area contributed by atoms with Gasteiger partial charge in [0.1, 0.15) is 12.1 Å². The highest BCUT2D eigenvalue weighted by molar-refractivity contribution is 5.97. The van der Waals surface area contributed by atoms with Gasteiger partial charge in [-0.2, -0.15) is 0 Å². The van der Waals surface area contributed by atoms with Crippen LogP contribution in [0.1, 0.15) is 31.2 Å². The molecule has 0 aromatic heterocycles. The number of carbonyl (C=O) groups is 2. The molecule has 4 N–H and O–H groups in total. The first-order valence-electron chi connectivity index (χ1n) is 7.57. The zero-order chi connectivity index (χ0) is 14.8. The van der Waals surface area contributed by atoms with Crippen LogP contribution in [0.3, 0.4) is 0 Å². The molecule has 21 heavy (non-hydrogen) atoms. The number of piperazine rings is 1. The second-order valence-electron chi connectivity index (χ2n) is 6.10. The first-order chi connectivity index (χ1) is 10.1. The average Bonchev–Trinajstić information content (AvgIpc) is 2.41. The molecule has 2 amide bonds. The Morgan fingerprint density at radius 3 is 2.24 bits per heavy atom. The van der Waals surface area contributed by atoms with Crippen LogP contribution in [0.15, 0.2) is 24.3 Å². The summed E-state index contributed by atoms with van der Waals surface area (Å²) in [4.78, 5) is 24.3. The third-order valence-corrected chi connectivity index (χ3v) is 4.48. The van der Waals surface area contributed by atoms with Crippen molar-refractivity contribution in [2.24, 2.45) is 5.92 Å². The van der Waals surface area contributed by atoms with Gasteiger partial charge < -0.3 is 16.4 Å². The Hall–Kier alpha value is -2.04. The second-order valence-corrected chi connectivity index (χ2v) is 6.10. The van der Waals surface area contributed by atoms with Crippen LogP contribution in [0.5, 0.6) is 0 Å². The summed E-state index contributed by atoms with van der Waals surface area (Å²) in [6.07, 6.45) is 4.86. The smallest absolute Gasteiger partial charge is 0.243 e. The Bertz CT molecular complexity index is 537. The number of nitrogens with two attached hydrogens (primary N) is 1. The molecule has 0 radical (unpaired) electrons. The maximum Gasteiger partial charge on any atom is 0.243 e. The summed E-state index contributed by atoms with van der Waals surface area (Å²) >= 11 is 0. The lowest BCUT2D eigenvalue weighted by Crippen LogP contribution is -2.62. The van der Waals surface area contributed by atoms with E-state index < -0.39 is 6.04 Å². The van der Waals surface area contributed by atoms with Gasteiger partial charge in [0.2, 0.25) is 11.8 Å². The van der Waals surface area contributed by atoms with Crippen LogP contribution in [-0.2, 0) is 16.0 Å². The molecule has 1 aliphatic carbocycles. The average molecular weight is 287 g/mol. The molecule has 1 aromatic rings. The van der Waals surface area contributed by atoms with Gasteiger partial charge in [-0.3, -0.25) is 9.59 Å². The maximum atomic E-state index is 12.2. The van der Waals surface area contributed by atoms with Gasteiger partial charge in [-0.25, -0.2) is 0 Å². The molecule has 2 atom stereocenters. The number of amides is 2. The maximum absolute atomic E-state index is 12.2. The molecule has 3 rings (SSSR count). The molecule has 1 saturated carbocycles. The minimum atomic E-state index is -0.487. The van der Waals surface area contributed by atoms with E-state index in [9.17, 15) is 9.59 Å². The summed E-state index contributed by atoms with van der Waals surface area (Å²) in [6.45, 7) is 0. The molecule has 1 heterocycles. The van der Waals surface area contributed by atoms with Gasteiger partial charge in [0.05, 0.1) is 0 Å². The number of carbonyl (C=O) groups excluding carboxylic acids is 2. The largest absolute Gasteiger partial charge is 0.399 e. The predicted octanol–water partition coefficient (Wildman–Crippen LogP) is 0.985. The molecule has 0 unspecified atom stereocenters. The van der Waals surface area contributed by atoms with Gasteiger partial charge in [0, 0.05) is 12.1 Å². The third-order valence-electron chi connectivity index (χ3n) is 4.48. The summed E-state index contributed by atoms with van der Waals surface area (Å²) in [7, 11) is 0. The molecule has 2 fully saturated rings. The van der Waals surface area contributed by atoms with Gasteiger partial charge in [-0.15, -0.1) is 0 Å². The molecule has 1 aromatic carbocycles. The monoisotopic (exact) mass is 287 g/mol. The summed E-state index contributed by atoms with van der Waals surface area (Å²) in [5, 5.41) is 5.72. The zero-order valence-corrected chi connectivity index (χ0v) is 12.0. The van der Waals surface area contributed by atoms with E-state index >= 15 is 0 Å². The Balaban J connectivity index is 1.59. The first kappa shape index (κ1) is 13.9. The Labute approximate surface area is 124 Å². The molecule has 2 aliphatic rings. The van der Waals surface area contributed by atoms with Crippen molar-refractivity contribution in [1.29, 1.82) is 0 Å². The van der Waals surface area contributed by atoms with Crippen LogP contribution in [-0.4, -0.2) is 23.9 Å². The van der Waals surface area contributed by atoms with Crippen molar-refractivity contribution in [2.45, 2.75) is 44.2 Å². The van der Waals surface area contributed by atoms with Crippen molar-refractivity contribution in [1.82, 2.24) is 10.6 Å². The Morgan fingerprint density at radius 2 is 1.62 bits per heavy atom. The lowest BCUT2D eigenvalue weighted by atomic mass is 9.80. The normalized spacial score (nSPS) is 25.9. The highest BCUT2D eigenvalue weighted by Crippen LogP contribution is 2.30. The molecule has 5 nitrogen and oxygen atoms in total. The summed E-state index contributed by atoms with van der Waals surface area (Å²) < 4.78 is 0. The van der Waals surface area contributed by atoms with E-state index in [0.717, 1.165) is 12.0 Å². The van der Waals surface area contributed by atoms with E-state index in [1.54, 1.807) is 12.1 Å². The Morgan fingerprint density at radius 1 is 1.00 bits per heavy atom. The van der Waals surface area contributed by atoms with Crippen LogP contribution < -0.4 is 16.4 Å². The van der Waals surface area contributed by atoms with E-state index in [0.29, 0.717) is 18.0 Å². The van der Waals surface area contributed by atoms with E-state index in [1.165, 1.54) is 19.3 Å². The van der Waals surface area contributed by atoms with Gasteiger partial charge in [-0.05, 0) is 30.0 Å². The summed E-state index contributed by atoms with van der Waals surface area (Å²) in [5.41, 5.74) is 7.32. The van der Waals surface area contributed by atoms with Gasteiger partial charge in [0.15, 0.2) is 0 Å². The lowest BCUT2D eigenvalue weighted by molar-refractivity contribution is -0.137. The van der Waals surface area contributed by atoms with E-state index in [4.69, 9.17) is 5.73 Å². The summed E-state index contributed by atoms with van der Waals surface area (Å²) in [6, 6.07) is 6.53. The van der Waals surface area contributed by atoms with Crippen molar-refractivity contribution >= 4 is 17.5 Å². The van der Waals surface area contributed by atoms with Crippen LogP contribution in [0.2, 0.25) is 0 Å². The van der Waals surface area contributed by atoms with Crippen LogP contribution in [0, 0.1) is 5.92 Å². The summed E-state index contributed by atoms with van der Waals surface area (Å²) in [5.74, 6) is 0.451. The Kier molecular flexibility index (Phi) is 3.82. The fourth-order valence-corrected chi connectivity index (χ4v) is 2.94. The molecule has 0 spiro atoms. The predicted molar refractivity (Wildman–Crippen MR) is 80.4 cm³/mol. The number of nitrogens with one attached hydrogen (secondary N) is 2. The fraction of sp³-hybridized carbons (Fsp3) is 0.500. The van der Waals surface area contributed by atoms with E-state index in [1.807, 2.05) is 12.1 Å². The highest BCUT2D eigenvalue weighted by Gasteiger charge is 2.35. The van der Waals surface area contributed by atoms with E-state index in [-0.39, 0.29) is 17.9 Å².